The topological polar surface area (TPSA) is 330 Å². The van der Waals surface area contributed by atoms with E-state index in [0.29, 0.717) is 43.5 Å². The zero-order valence-electron chi connectivity index (χ0n) is 60.5. The fraction of sp³-hybridized carbons (Fsp3) is 0.736. The van der Waals surface area contributed by atoms with Crippen LogP contribution in [0.4, 0.5) is 15.3 Å². The molecular formula is C72H122N10O14. The molecule has 96 heavy (non-hydrogen) atoms. The van der Waals surface area contributed by atoms with Gasteiger partial charge in [0.1, 0.15) is 12.4 Å². The standard InChI is InChI=1S/C72H122N10O14/c1-13-14-15-16-17-18-19-20-21-22-23-24-25-32-62(86)75-42-39-65(89)81(11)48-60(84)46-57(70(93)82(12)49-59(83)45-54(8)67(90)52(4)5)30-26-27-40-74-63(87)33-28-34-64(88)78-66(51(2)3)61(85)47-56(31-29-41-76-71(73)94)68(91)77-58-37-35-55(36-38-58)50-96-72(95)80(10)44-43-79(9)69(92)53(6)7/h35-38,51-54,56-57,66H,13-34,39-50H2,1-12H3,(H,74,87)(H,75,86)(H,77,91)(H,78,88)(H3,73,76,94)/t54-,56-,57-,66+/m1/s1. The number of hydrogen-bond acceptors (Lipinski definition) is 14. The minimum Gasteiger partial charge on any atom is -0.445 e. The summed E-state index contributed by atoms with van der Waals surface area (Å²) in [5, 5.41) is 13.8. The molecule has 0 spiro atoms. The minimum atomic E-state index is -0.956. The van der Waals surface area contributed by atoms with Crippen LogP contribution in [-0.2, 0) is 64.1 Å². The van der Waals surface area contributed by atoms with E-state index in [0.717, 1.165) is 19.3 Å². The highest BCUT2D eigenvalue weighted by atomic mass is 16.6. The first-order valence-corrected chi connectivity index (χ1v) is 35.4. The van der Waals surface area contributed by atoms with E-state index in [-0.39, 0.29) is 168 Å². The summed E-state index contributed by atoms with van der Waals surface area (Å²) >= 11 is 0. The summed E-state index contributed by atoms with van der Waals surface area (Å²) in [7, 11) is 6.22. The third kappa shape index (κ3) is 39.7. The largest absolute Gasteiger partial charge is 0.445 e. The number of nitrogens with one attached hydrogen (secondary N) is 5. The monoisotopic (exact) mass is 1350 g/mol. The van der Waals surface area contributed by atoms with Gasteiger partial charge in [-0.2, -0.15) is 0 Å². The molecule has 10 amide bonds. The molecule has 0 fully saturated rings. The maximum atomic E-state index is 13.9. The molecule has 0 aliphatic rings. The van der Waals surface area contributed by atoms with Crippen molar-refractivity contribution >= 4 is 82.3 Å². The van der Waals surface area contributed by atoms with Crippen LogP contribution in [0.2, 0.25) is 0 Å². The average molecular weight is 1350 g/mol. The molecule has 0 aromatic heterocycles. The summed E-state index contributed by atoms with van der Waals surface area (Å²) in [6, 6.07) is 4.92. The van der Waals surface area contributed by atoms with Crippen LogP contribution in [0, 0.1) is 35.5 Å². The van der Waals surface area contributed by atoms with Gasteiger partial charge in [-0.3, -0.25) is 52.7 Å². The summed E-state index contributed by atoms with van der Waals surface area (Å²) in [5.41, 5.74) is 6.30. The Kier molecular flexibility index (Phi) is 45.3. The average Bonchev–Trinajstić information content (AvgIpc) is 0.901. The molecule has 1 aromatic rings. The number of likely N-dealkylation sites (N-methyl/N-ethyl adjacent to an activating group) is 4. The molecular weight excluding hydrogens is 1230 g/mol. The fourth-order valence-corrected chi connectivity index (χ4v) is 11.1. The number of carbonyl (C=O) groups is 13. The van der Waals surface area contributed by atoms with E-state index in [9.17, 15) is 62.3 Å². The van der Waals surface area contributed by atoms with Crippen molar-refractivity contribution in [1.82, 2.24) is 40.9 Å². The number of urea groups is 1. The zero-order chi connectivity index (χ0) is 72.1. The van der Waals surface area contributed by atoms with Gasteiger partial charge in [0.25, 0.3) is 0 Å². The molecule has 1 aromatic carbocycles. The van der Waals surface area contributed by atoms with E-state index in [4.69, 9.17) is 10.5 Å². The Morgan fingerprint density at radius 2 is 1.01 bits per heavy atom. The van der Waals surface area contributed by atoms with Crippen molar-refractivity contribution in [2.45, 2.75) is 235 Å². The lowest BCUT2D eigenvalue weighted by molar-refractivity contribution is -0.140. The summed E-state index contributed by atoms with van der Waals surface area (Å²) in [6.45, 7) is 15.1. The van der Waals surface area contributed by atoms with Crippen LogP contribution in [0.25, 0.3) is 0 Å². The van der Waals surface area contributed by atoms with Crippen molar-refractivity contribution in [3.8, 4) is 0 Å². The van der Waals surface area contributed by atoms with Gasteiger partial charge in [0, 0.05) is 141 Å². The van der Waals surface area contributed by atoms with Crippen molar-refractivity contribution in [3.05, 3.63) is 29.8 Å². The van der Waals surface area contributed by atoms with Crippen LogP contribution in [0.5, 0.6) is 0 Å². The molecule has 0 unspecified atom stereocenters. The van der Waals surface area contributed by atoms with E-state index in [2.05, 4.69) is 33.5 Å². The lowest BCUT2D eigenvalue weighted by Gasteiger charge is -2.24. The van der Waals surface area contributed by atoms with Gasteiger partial charge < -0.3 is 56.7 Å². The van der Waals surface area contributed by atoms with Gasteiger partial charge in [-0.15, -0.1) is 0 Å². The Morgan fingerprint density at radius 1 is 0.490 bits per heavy atom. The maximum absolute atomic E-state index is 13.9. The quantitative estimate of drug-likeness (QED) is 0.0331. The Bertz CT molecular complexity index is 2580. The first kappa shape index (κ1) is 86.7. The van der Waals surface area contributed by atoms with E-state index in [1.54, 1.807) is 91.7 Å². The molecule has 0 heterocycles. The number of unbranched alkanes of at least 4 members (excludes halogenated alkanes) is 13. The van der Waals surface area contributed by atoms with Crippen LogP contribution in [0.15, 0.2) is 24.3 Å². The molecule has 0 saturated heterocycles. The van der Waals surface area contributed by atoms with E-state index >= 15 is 0 Å². The first-order chi connectivity index (χ1) is 45.5. The van der Waals surface area contributed by atoms with Gasteiger partial charge in [0.15, 0.2) is 17.3 Å². The molecule has 0 saturated carbocycles. The highest BCUT2D eigenvalue weighted by Crippen LogP contribution is 2.22. The molecule has 1 rings (SSSR count). The summed E-state index contributed by atoms with van der Waals surface area (Å²) < 4.78 is 5.44. The first-order valence-electron chi connectivity index (χ1n) is 35.4. The summed E-state index contributed by atoms with van der Waals surface area (Å²) in [4.78, 5) is 174. The van der Waals surface area contributed by atoms with Gasteiger partial charge in [-0.1, -0.05) is 151 Å². The SMILES string of the molecule is CCCCCCCCCCCCCCCC(=O)NCCC(=O)N(C)CC(=O)C[C@@H](CCCCNC(=O)CCCC(=O)N[C@H](C(=O)C[C@@H](CCCNC(N)=O)C(=O)Nc1ccc(COC(=O)N(C)CCN(C)C(=O)C(C)C)cc1)C(C)C)C(=O)N(C)CC(=O)C[C@@H](C)C(=O)C(C)C. The van der Waals surface area contributed by atoms with Crippen LogP contribution >= 0.6 is 0 Å². The smallest absolute Gasteiger partial charge is 0.409 e. The lowest BCUT2D eigenvalue weighted by Crippen LogP contribution is -2.45. The number of primary amides is 1. The molecule has 0 aliphatic carbocycles. The van der Waals surface area contributed by atoms with Crippen molar-refractivity contribution in [2.24, 2.45) is 41.2 Å². The zero-order valence-corrected chi connectivity index (χ0v) is 60.5. The van der Waals surface area contributed by atoms with Crippen molar-refractivity contribution in [2.75, 3.05) is 79.3 Å². The number of amides is 10. The summed E-state index contributed by atoms with van der Waals surface area (Å²) in [5.74, 6) is -6.33. The van der Waals surface area contributed by atoms with Crippen molar-refractivity contribution in [3.63, 3.8) is 0 Å². The Hall–Kier alpha value is -7.27. The lowest BCUT2D eigenvalue weighted by atomic mass is 9.89. The number of nitrogens with zero attached hydrogens (tertiary/aromatic N) is 4. The van der Waals surface area contributed by atoms with Crippen LogP contribution in [0.1, 0.15) is 228 Å². The minimum absolute atomic E-state index is 0.00145. The molecule has 544 valence electrons. The number of hydrogen-bond donors (Lipinski definition) is 6. The van der Waals surface area contributed by atoms with E-state index in [1.807, 2.05) is 0 Å². The number of carbonyl (C=O) groups excluding carboxylic acids is 13. The number of nitrogens with two attached hydrogens (primary N) is 1. The summed E-state index contributed by atoms with van der Waals surface area (Å²) in [6.07, 6.45) is 16.7. The number of ketones is 4. The molecule has 4 atom stereocenters. The maximum Gasteiger partial charge on any atom is 0.409 e. The normalized spacial score (nSPS) is 12.4. The molecule has 0 bridgehead atoms. The van der Waals surface area contributed by atoms with Gasteiger partial charge in [-0.05, 0) is 62.1 Å². The van der Waals surface area contributed by atoms with Gasteiger partial charge in [0.05, 0.1) is 19.1 Å². The molecule has 0 radical (unpaired) electrons. The van der Waals surface area contributed by atoms with Crippen molar-refractivity contribution in [1.29, 1.82) is 0 Å². The second-order valence-corrected chi connectivity index (χ2v) is 27.0. The molecule has 24 heteroatoms. The van der Waals surface area contributed by atoms with E-state index < -0.39 is 53.6 Å². The van der Waals surface area contributed by atoms with Gasteiger partial charge in [-0.25, -0.2) is 9.59 Å². The second kappa shape index (κ2) is 50.1. The van der Waals surface area contributed by atoms with Crippen molar-refractivity contribution < 1.29 is 67.1 Å². The highest BCUT2D eigenvalue weighted by Gasteiger charge is 2.31. The number of anilines is 1. The third-order valence-corrected chi connectivity index (χ3v) is 17.0. The fourth-order valence-electron chi connectivity index (χ4n) is 11.1. The number of benzene rings is 1. The van der Waals surface area contributed by atoms with E-state index in [1.165, 1.54) is 93.0 Å². The van der Waals surface area contributed by atoms with Crippen LogP contribution < -0.4 is 32.3 Å². The number of Topliss-reactive ketones (excluding diaryl/α,β-unsaturated/α-hetero) is 4. The predicted octanol–water partition coefficient (Wildman–Crippen LogP) is 9.23. The highest BCUT2D eigenvalue weighted by molar-refractivity contribution is 5.98. The van der Waals surface area contributed by atoms with Crippen LogP contribution in [0.3, 0.4) is 0 Å². The molecule has 7 N–H and O–H groups in total. The molecule has 24 nitrogen and oxygen atoms in total. The number of rotatable bonds is 54. The van der Waals surface area contributed by atoms with Crippen LogP contribution in [-0.4, -0.2) is 176 Å². The Labute approximate surface area is 573 Å². The Balaban J connectivity index is 2.80. The van der Waals surface area contributed by atoms with Gasteiger partial charge >= 0.3 is 12.1 Å². The third-order valence-electron chi connectivity index (χ3n) is 17.0. The number of ether oxygens (including phenoxy) is 1. The second-order valence-electron chi connectivity index (χ2n) is 27.0. The van der Waals surface area contributed by atoms with Gasteiger partial charge in [0.2, 0.25) is 41.4 Å². The predicted molar refractivity (Wildman–Crippen MR) is 373 cm³/mol. The molecule has 0 aliphatic heterocycles. The Morgan fingerprint density at radius 3 is 1.58 bits per heavy atom.